The number of hydrogen-bond acceptors (Lipinski definition) is 3. The van der Waals surface area contributed by atoms with E-state index < -0.39 is 0 Å². The first-order chi connectivity index (χ1) is 6.75. The number of piperazine rings is 1. The van der Waals surface area contributed by atoms with Gasteiger partial charge < -0.3 is 10.2 Å². The lowest BCUT2D eigenvalue weighted by atomic mass is 10.2. The summed E-state index contributed by atoms with van der Waals surface area (Å²) < 4.78 is 0.904. The van der Waals surface area contributed by atoms with Crippen LogP contribution in [0.5, 0.6) is 0 Å². The summed E-state index contributed by atoms with van der Waals surface area (Å²) in [6, 6.07) is 6.58. The number of rotatable bonds is 1. The van der Waals surface area contributed by atoms with E-state index in [9.17, 15) is 0 Å². The molecule has 76 valence electrons. The SMILES string of the molecule is C[C@@H]1CN(c2cccc(Br)n2)CCN1. The summed E-state index contributed by atoms with van der Waals surface area (Å²) in [4.78, 5) is 6.76. The maximum Gasteiger partial charge on any atom is 0.129 e. The van der Waals surface area contributed by atoms with Crippen molar-refractivity contribution in [3.63, 3.8) is 0 Å². The number of pyridine rings is 1. The molecule has 2 heterocycles. The first kappa shape index (κ1) is 9.93. The number of anilines is 1. The highest BCUT2D eigenvalue weighted by atomic mass is 79.9. The first-order valence-electron chi connectivity index (χ1n) is 4.86. The van der Waals surface area contributed by atoms with Crippen LogP contribution < -0.4 is 10.2 Å². The first-order valence-corrected chi connectivity index (χ1v) is 5.66. The van der Waals surface area contributed by atoms with Gasteiger partial charge in [-0.2, -0.15) is 0 Å². The highest BCUT2D eigenvalue weighted by Crippen LogP contribution is 2.16. The van der Waals surface area contributed by atoms with Crippen molar-refractivity contribution in [2.45, 2.75) is 13.0 Å². The molecule has 0 unspecified atom stereocenters. The Morgan fingerprint density at radius 3 is 3.14 bits per heavy atom. The lowest BCUT2D eigenvalue weighted by molar-refractivity contribution is 0.482. The number of halogens is 1. The molecule has 0 radical (unpaired) electrons. The molecule has 1 N–H and O–H groups in total. The zero-order valence-electron chi connectivity index (χ0n) is 8.20. The Morgan fingerprint density at radius 2 is 2.43 bits per heavy atom. The van der Waals surface area contributed by atoms with Crippen LogP contribution in [0.1, 0.15) is 6.92 Å². The van der Waals surface area contributed by atoms with Crippen molar-refractivity contribution < 1.29 is 0 Å². The zero-order chi connectivity index (χ0) is 9.97. The molecular formula is C10H14BrN3. The Morgan fingerprint density at radius 1 is 1.57 bits per heavy atom. The lowest BCUT2D eigenvalue weighted by Gasteiger charge is -2.32. The van der Waals surface area contributed by atoms with Gasteiger partial charge >= 0.3 is 0 Å². The highest BCUT2D eigenvalue weighted by molar-refractivity contribution is 9.10. The molecule has 1 atom stereocenters. The minimum absolute atomic E-state index is 0.546. The number of aromatic nitrogens is 1. The Labute approximate surface area is 92.6 Å². The van der Waals surface area contributed by atoms with Crippen molar-refractivity contribution in [2.75, 3.05) is 24.5 Å². The second kappa shape index (κ2) is 4.28. The van der Waals surface area contributed by atoms with E-state index in [4.69, 9.17) is 0 Å². The fraction of sp³-hybridized carbons (Fsp3) is 0.500. The number of hydrogen-bond donors (Lipinski definition) is 1. The van der Waals surface area contributed by atoms with Crippen LogP contribution in [0, 0.1) is 0 Å². The van der Waals surface area contributed by atoms with Crippen LogP contribution in [-0.4, -0.2) is 30.7 Å². The van der Waals surface area contributed by atoms with Crippen molar-refractivity contribution in [3.05, 3.63) is 22.8 Å². The van der Waals surface area contributed by atoms with E-state index in [0.717, 1.165) is 30.1 Å². The van der Waals surface area contributed by atoms with E-state index in [-0.39, 0.29) is 0 Å². The van der Waals surface area contributed by atoms with Crippen LogP contribution in [-0.2, 0) is 0 Å². The van der Waals surface area contributed by atoms with Crippen LogP contribution >= 0.6 is 15.9 Å². The van der Waals surface area contributed by atoms with Crippen LogP contribution in [0.25, 0.3) is 0 Å². The fourth-order valence-electron chi connectivity index (χ4n) is 1.71. The van der Waals surface area contributed by atoms with Crippen molar-refractivity contribution in [1.82, 2.24) is 10.3 Å². The molecule has 1 saturated heterocycles. The summed E-state index contributed by atoms with van der Waals surface area (Å²) >= 11 is 3.39. The zero-order valence-corrected chi connectivity index (χ0v) is 9.79. The smallest absolute Gasteiger partial charge is 0.129 e. The molecular weight excluding hydrogens is 242 g/mol. The summed E-state index contributed by atoms with van der Waals surface area (Å²) in [5.74, 6) is 1.06. The maximum absolute atomic E-state index is 4.45. The van der Waals surface area contributed by atoms with Crippen LogP contribution in [0.4, 0.5) is 5.82 Å². The fourth-order valence-corrected chi connectivity index (χ4v) is 2.05. The summed E-state index contributed by atoms with van der Waals surface area (Å²) in [7, 11) is 0. The predicted octanol–water partition coefficient (Wildman–Crippen LogP) is 1.64. The topological polar surface area (TPSA) is 28.2 Å². The van der Waals surface area contributed by atoms with Gasteiger partial charge in [0.1, 0.15) is 10.4 Å². The largest absolute Gasteiger partial charge is 0.354 e. The van der Waals surface area contributed by atoms with Gasteiger partial charge in [-0.3, -0.25) is 0 Å². The highest BCUT2D eigenvalue weighted by Gasteiger charge is 2.16. The molecule has 1 aliphatic rings. The normalized spacial score (nSPS) is 22.4. The van der Waals surface area contributed by atoms with Crippen LogP contribution in [0.3, 0.4) is 0 Å². The van der Waals surface area contributed by atoms with Gasteiger partial charge in [0.25, 0.3) is 0 Å². The van der Waals surface area contributed by atoms with E-state index in [1.54, 1.807) is 0 Å². The van der Waals surface area contributed by atoms with Gasteiger partial charge in [-0.15, -0.1) is 0 Å². The molecule has 1 aromatic rings. The van der Waals surface area contributed by atoms with E-state index in [1.165, 1.54) is 0 Å². The van der Waals surface area contributed by atoms with Gasteiger partial charge in [0.2, 0.25) is 0 Å². The molecule has 0 spiro atoms. The van der Waals surface area contributed by atoms with Gasteiger partial charge in [-0.05, 0) is 35.0 Å². The Bertz CT molecular complexity index is 316. The average Bonchev–Trinajstić information content (AvgIpc) is 2.18. The summed E-state index contributed by atoms with van der Waals surface area (Å²) in [6.07, 6.45) is 0. The second-order valence-corrected chi connectivity index (χ2v) is 4.43. The van der Waals surface area contributed by atoms with Crippen molar-refractivity contribution in [3.8, 4) is 0 Å². The summed E-state index contributed by atoms with van der Waals surface area (Å²) in [5.41, 5.74) is 0. The molecule has 1 fully saturated rings. The molecule has 4 heteroatoms. The quantitative estimate of drug-likeness (QED) is 0.774. The Balaban J connectivity index is 2.14. The van der Waals surface area contributed by atoms with Crippen molar-refractivity contribution in [2.24, 2.45) is 0 Å². The van der Waals surface area contributed by atoms with E-state index in [1.807, 2.05) is 12.1 Å². The molecule has 14 heavy (non-hydrogen) atoms. The Hall–Kier alpha value is -0.610. The summed E-state index contributed by atoms with van der Waals surface area (Å²) in [6.45, 7) is 5.30. The molecule has 1 aromatic heterocycles. The summed E-state index contributed by atoms with van der Waals surface area (Å²) in [5, 5.41) is 3.42. The third-order valence-corrected chi connectivity index (χ3v) is 2.83. The van der Waals surface area contributed by atoms with Crippen LogP contribution in [0.2, 0.25) is 0 Å². The minimum Gasteiger partial charge on any atom is -0.354 e. The van der Waals surface area contributed by atoms with Crippen LogP contribution in [0.15, 0.2) is 22.8 Å². The number of nitrogens with one attached hydrogen (secondary N) is 1. The van der Waals surface area contributed by atoms with Crippen molar-refractivity contribution >= 4 is 21.7 Å². The standard InChI is InChI=1S/C10H14BrN3/c1-8-7-14(6-5-12-8)10-4-2-3-9(11)13-10/h2-4,8,12H,5-7H2,1H3/t8-/m1/s1. The molecule has 0 aromatic carbocycles. The predicted molar refractivity (Wildman–Crippen MR) is 61.6 cm³/mol. The third-order valence-electron chi connectivity index (χ3n) is 2.39. The number of nitrogens with zero attached hydrogens (tertiary/aromatic N) is 2. The molecule has 3 nitrogen and oxygen atoms in total. The van der Waals surface area contributed by atoms with Gasteiger partial charge in [-0.1, -0.05) is 6.07 Å². The monoisotopic (exact) mass is 255 g/mol. The van der Waals surface area contributed by atoms with E-state index in [0.29, 0.717) is 6.04 Å². The van der Waals surface area contributed by atoms with Gasteiger partial charge in [-0.25, -0.2) is 4.98 Å². The molecule has 0 amide bonds. The molecule has 1 aliphatic heterocycles. The third kappa shape index (κ3) is 2.25. The molecule has 0 bridgehead atoms. The lowest BCUT2D eigenvalue weighted by Crippen LogP contribution is -2.49. The molecule has 0 saturated carbocycles. The Kier molecular flexibility index (Phi) is 3.03. The molecule has 0 aliphatic carbocycles. The second-order valence-electron chi connectivity index (χ2n) is 3.62. The maximum atomic E-state index is 4.45. The van der Waals surface area contributed by atoms with Gasteiger partial charge in [0, 0.05) is 25.7 Å². The van der Waals surface area contributed by atoms with E-state index >= 15 is 0 Å². The van der Waals surface area contributed by atoms with Gasteiger partial charge in [0.05, 0.1) is 0 Å². The average molecular weight is 256 g/mol. The minimum atomic E-state index is 0.546. The van der Waals surface area contributed by atoms with E-state index in [2.05, 4.69) is 44.1 Å². The molecule has 2 rings (SSSR count). The van der Waals surface area contributed by atoms with Crippen molar-refractivity contribution in [1.29, 1.82) is 0 Å². The van der Waals surface area contributed by atoms with Gasteiger partial charge in [0.15, 0.2) is 0 Å².